The zero-order chi connectivity index (χ0) is 13.3. The molecule has 0 unspecified atom stereocenters. The number of nitrogens with one attached hydrogen (secondary N) is 1. The van der Waals surface area contributed by atoms with E-state index in [2.05, 4.69) is 48.9 Å². The van der Waals surface area contributed by atoms with Crippen molar-refractivity contribution in [2.75, 3.05) is 0 Å². The molecule has 4 heteroatoms. The molecule has 1 aromatic heterocycles. The summed E-state index contributed by atoms with van der Waals surface area (Å²) < 4.78 is 0. The molecule has 1 heterocycles. The van der Waals surface area contributed by atoms with E-state index in [-0.39, 0.29) is 17.8 Å². The first-order valence-corrected chi connectivity index (χ1v) is 6.68. The van der Waals surface area contributed by atoms with Gasteiger partial charge in [0.15, 0.2) is 0 Å². The molecule has 2 rings (SSSR count). The number of aromatic amines is 1. The van der Waals surface area contributed by atoms with Gasteiger partial charge in [0.25, 0.3) is 0 Å². The summed E-state index contributed by atoms with van der Waals surface area (Å²) in [5.41, 5.74) is 4.52. The van der Waals surface area contributed by atoms with Gasteiger partial charge in [0.05, 0.1) is 11.6 Å². The molecular weight excluding hydrogens is 279 g/mol. The van der Waals surface area contributed by atoms with Crippen molar-refractivity contribution in [2.24, 2.45) is 0 Å². The molecule has 1 aromatic carbocycles. The van der Waals surface area contributed by atoms with E-state index in [1.54, 1.807) is 0 Å². The van der Waals surface area contributed by atoms with Crippen LogP contribution in [0.15, 0.2) is 24.3 Å². The summed E-state index contributed by atoms with van der Waals surface area (Å²) in [7, 11) is 0. The van der Waals surface area contributed by atoms with E-state index in [1.807, 2.05) is 13.0 Å². The maximum absolute atomic E-state index is 5.88. The Balaban J connectivity index is 0.00000180. The summed E-state index contributed by atoms with van der Waals surface area (Å²) in [6, 6.07) is 8.38. The first-order chi connectivity index (χ1) is 8.43. The van der Waals surface area contributed by atoms with E-state index in [0.29, 0.717) is 5.88 Å². The maximum atomic E-state index is 5.88. The van der Waals surface area contributed by atoms with Crippen LogP contribution in [-0.2, 0) is 11.3 Å². The largest absolute Gasteiger partial charge is 0.342 e. The van der Waals surface area contributed by atoms with Crippen molar-refractivity contribution in [3.63, 3.8) is 0 Å². The molecule has 0 aliphatic rings. The van der Waals surface area contributed by atoms with Crippen LogP contribution in [0.4, 0.5) is 0 Å². The molecule has 0 saturated carbocycles. The Morgan fingerprint density at radius 1 is 1.21 bits per heavy atom. The number of aryl methyl sites for hydroxylation is 1. The van der Waals surface area contributed by atoms with Crippen LogP contribution in [0.25, 0.3) is 11.4 Å². The second-order valence-electron chi connectivity index (χ2n) is 5.59. The number of hydrogen-bond acceptors (Lipinski definition) is 1. The summed E-state index contributed by atoms with van der Waals surface area (Å²) in [6.07, 6.45) is 0. The van der Waals surface area contributed by atoms with Crippen molar-refractivity contribution >= 4 is 24.0 Å². The minimum Gasteiger partial charge on any atom is -0.342 e. The SMILES string of the molecule is Cc1[nH]c(-c2ccccc2C(C)(C)C)nc1CCl.Cl. The second kappa shape index (κ2) is 5.98. The Hall–Kier alpha value is -0.990. The number of hydrogen-bond donors (Lipinski definition) is 1. The van der Waals surface area contributed by atoms with E-state index in [1.165, 1.54) is 5.56 Å². The monoisotopic (exact) mass is 298 g/mol. The number of H-pyrrole nitrogens is 1. The van der Waals surface area contributed by atoms with Crippen LogP contribution in [0.1, 0.15) is 37.7 Å². The highest BCUT2D eigenvalue weighted by molar-refractivity contribution is 6.17. The van der Waals surface area contributed by atoms with E-state index in [9.17, 15) is 0 Å². The average molecular weight is 299 g/mol. The second-order valence-corrected chi connectivity index (χ2v) is 5.85. The number of nitrogens with zero attached hydrogens (tertiary/aromatic N) is 1. The summed E-state index contributed by atoms with van der Waals surface area (Å²) in [5, 5.41) is 0. The van der Waals surface area contributed by atoms with Crippen LogP contribution >= 0.6 is 24.0 Å². The molecule has 2 aromatic rings. The van der Waals surface area contributed by atoms with E-state index >= 15 is 0 Å². The molecule has 2 nitrogen and oxygen atoms in total. The molecular formula is C15H20Cl2N2. The number of alkyl halides is 1. The number of rotatable bonds is 2. The van der Waals surface area contributed by atoms with Crippen LogP contribution in [-0.4, -0.2) is 9.97 Å². The highest BCUT2D eigenvalue weighted by Crippen LogP contribution is 2.31. The van der Waals surface area contributed by atoms with Crippen molar-refractivity contribution < 1.29 is 0 Å². The number of benzene rings is 1. The smallest absolute Gasteiger partial charge is 0.138 e. The van der Waals surface area contributed by atoms with Gasteiger partial charge in [-0.2, -0.15) is 0 Å². The fourth-order valence-corrected chi connectivity index (χ4v) is 2.36. The quantitative estimate of drug-likeness (QED) is 0.789. The van der Waals surface area contributed by atoms with Crippen molar-refractivity contribution in [1.29, 1.82) is 0 Å². The van der Waals surface area contributed by atoms with Gasteiger partial charge in [-0.3, -0.25) is 0 Å². The van der Waals surface area contributed by atoms with Crippen LogP contribution in [0.2, 0.25) is 0 Å². The Morgan fingerprint density at radius 3 is 2.37 bits per heavy atom. The minimum absolute atomic E-state index is 0. The molecule has 19 heavy (non-hydrogen) atoms. The lowest BCUT2D eigenvalue weighted by atomic mass is 9.83. The van der Waals surface area contributed by atoms with Gasteiger partial charge in [-0.1, -0.05) is 45.0 Å². The molecule has 0 spiro atoms. The molecule has 0 aliphatic carbocycles. The Kier molecular flexibility index (Phi) is 5.05. The zero-order valence-electron chi connectivity index (χ0n) is 11.7. The van der Waals surface area contributed by atoms with Gasteiger partial charge < -0.3 is 4.98 Å². The van der Waals surface area contributed by atoms with Crippen molar-refractivity contribution in [2.45, 2.75) is 39.0 Å². The van der Waals surface area contributed by atoms with Gasteiger partial charge in [0.2, 0.25) is 0 Å². The van der Waals surface area contributed by atoms with Crippen LogP contribution in [0.3, 0.4) is 0 Å². The fraction of sp³-hybridized carbons (Fsp3) is 0.400. The van der Waals surface area contributed by atoms with Crippen molar-refractivity contribution in [3.8, 4) is 11.4 Å². The lowest BCUT2D eigenvalue weighted by molar-refractivity contribution is 0.591. The highest BCUT2D eigenvalue weighted by Gasteiger charge is 2.20. The number of aromatic nitrogens is 2. The summed E-state index contributed by atoms with van der Waals surface area (Å²) in [4.78, 5) is 7.91. The topological polar surface area (TPSA) is 28.7 Å². The highest BCUT2D eigenvalue weighted by atomic mass is 35.5. The third kappa shape index (κ3) is 3.31. The Morgan fingerprint density at radius 2 is 1.84 bits per heavy atom. The van der Waals surface area contributed by atoms with Gasteiger partial charge in [0.1, 0.15) is 5.82 Å². The van der Waals surface area contributed by atoms with Gasteiger partial charge in [0, 0.05) is 11.3 Å². The standard InChI is InChI=1S/C15H19ClN2.ClH/c1-10-13(9-16)18-14(17-10)11-7-5-6-8-12(11)15(2,3)4;/h5-8H,9H2,1-4H3,(H,17,18);1H. The molecule has 0 radical (unpaired) electrons. The molecule has 0 bridgehead atoms. The number of imidazole rings is 1. The maximum Gasteiger partial charge on any atom is 0.138 e. The normalized spacial score (nSPS) is 11.2. The molecule has 0 saturated heterocycles. The fourth-order valence-electron chi connectivity index (χ4n) is 2.10. The van der Waals surface area contributed by atoms with E-state index in [4.69, 9.17) is 11.6 Å². The third-order valence-electron chi connectivity index (χ3n) is 3.10. The molecule has 104 valence electrons. The van der Waals surface area contributed by atoms with Gasteiger partial charge in [-0.25, -0.2) is 4.98 Å². The predicted molar refractivity (Wildman–Crippen MR) is 84.3 cm³/mol. The molecule has 0 aliphatic heterocycles. The number of halogens is 2. The summed E-state index contributed by atoms with van der Waals surface area (Å²) >= 11 is 5.88. The Labute approximate surface area is 126 Å². The average Bonchev–Trinajstić information content (AvgIpc) is 2.69. The molecule has 1 N–H and O–H groups in total. The Bertz CT molecular complexity index is 554. The van der Waals surface area contributed by atoms with Crippen LogP contribution in [0, 0.1) is 6.92 Å². The molecule has 0 atom stereocenters. The third-order valence-corrected chi connectivity index (χ3v) is 3.36. The predicted octanol–water partition coefficient (Wildman–Crippen LogP) is 4.84. The molecule has 0 amide bonds. The van der Waals surface area contributed by atoms with Crippen LogP contribution in [0.5, 0.6) is 0 Å². The van der Waals surface area contributed by atoms with Crippen LogP contribution < -0.4 is 0 Å². The zero-order valence-corrected chi connectivity index (χ0v) is 13.3. The van der Waals surface area contributed by atoms with Gasteiger partial charge >= 0.3 is 0 Å². The van der Waals surface area contributed by atoms with E-state index in [0.717, 1.165) is 22.8 Å². The van der Waals surface area contributed by atoms with Crippen molar-refractivity contribution in [3.05, 3.63) is 41.2 Å². The van der Waals surface area contributed by atoms with Gasteiger partial charge in [-0.15, -0.1) is 24.0 Å². The first-order valence-electron chi connectivity index (χ1n) is 6.15. The molecule has 0 fully saturated rings. The lowest BCUT2D eigenvalue weighted by Crippen LogP contribution is -2.12. The minimum atomic E-state index is 0. The van der Waals surface area contributed by atoms with E-state index < -0.39 is 0 Å². The summed E-state index contributed by atoms with van der Waals surface area (Å²) in [5.74, 6) is 1.36. The van der Waals surface area contributed by atoms with Crippen molar-refractivity contribution in [1.82, 2.24) is 9.97 Å². The first kappa shape index (κ1) is 16.1. The summed E-state index contributed by atoms with van der Waals surface area (Å²) in [6.45, 7) is 8.65. The van der Waals surface area contributed by atoms with Gasteiger partial charge in [-0.05, 0) is 17.9 Å². The lowest BCUT2D eigenvalue weighted by Gasteiger charge is -2.21.